The zero-order valence-electron chi connectivity index (χ0n) is 18.8. The number of benzene rings is 2. The Hall–Kier alpha value is -3.99. The Labute approximate surface area is 196 Å². The van der Waals surface area contributed by atoms with E-state index in [1.807, 2.05) is 31.2 Å². The summed E-state index contributed by atoms with van der Waals surface area (Å²) >= 11 is 0. The number of hydrogen-bond donors (Lipinski definition) is 0. The number of ether oxygens (including phenoxy) is 2. The van der Waals surface area contributed by atoms with Gasteiger partial charge in [-0.1, -0.05) is 35.5 Å². The summed E-state index contributed by atoms with van der Waals surface area (Å²) < 4.78 is 45.4. The van der Waals surface area contributed by atoms with E-state index in [9.17, 15) is 13.2 Å². The number of carbonyl (C=O) groups excluding carboxylic acids is 1. The van der Waals surface area contributed by atoms with Crippen LogP contribution in [0, 0.1) is 6.92 Å². The van der Waals surface area contributed by atoms with Crippen LogP contribution in [-0.4, -0.2) is 41.7 Å². The minimum absolute atomic E-state index is 0.00941. The Morgan fingerprint density at radius 2 is 1.82 bits per heavy atom. The highest BCUT2D eigenvalue weighted by atomic mass is 32.2. The Morgan fingerprint density at radius 1 is 1.09 bits per heavy atom. The van der Waals surface area contributed by atoms with E-state index in [4.69, 9.17) is 14.0 Å². The first-order chi connectivity index (χ1) is 16.3. The molecule has 0 atom stereocenters. The zero-order valence-corrected chi connectivity index (χ0v) is 19.6. The van der Waals surface area contributed by atoms with E-state index in [1.54, 1.807) is 31.4 Å². The van der Waals surface area contributed by atoms with Gasteiger partial charge in [-0.3, -0.25) is 4.31 Å². The van der Waals surface area contributed by atoms with Crippen molar-refractivity contribution in [2.24, 2.45) is 4.40 Å². The summed E-state index contributed by atoms with van der Waals surface area (Å²) in [6.45, 7) is 3.09. The van der Waals surface area contributed by atoms with Crippen molar-refractivity contribution in [1.82, 2.24) is 14.4 Å². The fraction of sp³-hybridized carbons (Fsp3) is 0.217. The quantitative estimate of drug-likeness (QED) is 0.470. The van der Waals surface area contributed by atoms with Gasteiger partial charge in [0, 0.05) is 11.8 Å². The van der Waals surface area contributed by atoms with Crippen LogP contribution >= 0.6 is 0 Å². The summed E-state index contributed by atoms with van der Waals surface area (Å²) in [5, 5.41) is 3.85. The summed E-state index contributed by atoms with van der Waals surface area (Å²) in [5.41, 5.74) is 2.49. The maximum Gasteiger partial charge on any atom is 0.344 e. The lowest BCUT2D eigenvalue weighted by Gasteiger charge is -2.23. The number of hydrogen-bond acceptors (Lipinski definition) is 8. The lowest BCUT2D eigenvalue weighted by molar-refractivity contribution is -0.140. The van der Waals surface area contributed by atoms with E-state index < -0.39 is 16.2 Å². The van der Waals surface area contributed by atoms with Gasteiger partial charge in [0.2, 0.25) is 5.82 Å². The van der Waals surface area contributed by atoms with Gasteiger partial charge in [-0.2, -0.15) is 13.4 Å². The van der Waals surface area contributed by atoms with Crippen LogP contribution in [0.2, 0.25) is 0 Å². The van der Waals surface area contributed by atoms with Crippen molar-refractivity contribution in [1.29, 1.82) is 0 Å². The highest BCUT2D eigenvalue weighted by molar-refractivity contribution is 7.88. The minimum atomic E-state index is -3.99. The van der Waals surface area contributed by atoms with Crippen LogP contribution in [0.15, 0.2) is 69.2 Å². The number of methoxy groups -OCH3 is 1. The second-order valence-corrected chi connectivity index (χ2v) is 9.04. The molecule has 34 heavy (non-hydrogen) atoms. The van der Waals surface area contributed by atoms with Crippen LogP contribution in [0.4, 0.5) is 0 Å². The lowest BCUT2D eigenvalue weighted by atomic mass is 10.1. The molecule has 0 fully saturated rings. The summed E-state index contributed by atoms with van der Waals surface area (Å²) in [6.07, 6.45) is 1.22. The third kappa shape index (κ3) is 4.99. The van der Waals surface area contributed by atoms with E-state index in [0.29, 0.717) is 17.2 Å². The Balaban J connectivity index is 1.47. The first kappa shape index (κ1) is 23.2. The summed E-state index contributed by atoms with van der Waals surface area (Å²) in [5.74, 6) is 0.389. The Morgan fingerprint density at radius 3 is 2.53 bits per heavy atom. The molecule has 0 saturated carbocycles. The van der Waals surface area contributed by atoms with Crippen LogP contribution in [-0.2, 0) is 32.9 Å². The van der Waals surface area contributed by atoms with E-state index in [2.05, 4.69) is 14.5 Å². The third-order valence-electron chi connectivity index (χ3n) is 5.10. The monoisotopic (exact) mass is 482 g/mol. The molecule has 11 heteroatoms. The summed E-state index contributed by atoms with van der Waals surface area (Å²) in [6, 6.07) is 14.4. The number of nitrogens with zero attached hydrogens (tertiary/aromatic N) is 4. The Kier molecular flexibility index (Phi) is 6.46. The first-order valence-corrected chi connectivity index (χ1v) is 11.7. The molecule has 0 bridgehead atoms. The number of rotatable bonds is 7. The summed E-state index contributed by atoms with van der Waals surface area (Å²) in [4.78, 5) is 17.0. The van der Waals surface area contributed by atoms with Crippen molar-refractivity contribution in [2.75, 3.05) is 7.11 Å². The molecule has 1 aliphatic rings. The average molecular weight is 483 g/mol. The van der Waals surface area contributed by atoms with Gasteiger partial charge in [-0.25, -0.2) is 4.79 Å². The molecule has 0 radical (unpaired) electrons. The standard InChI is InChI=1S/C23H22N4O6S/c1-15-6-4-5-7-19(15)22-24-21(25-33-22)14-32-23(28)20-13-27(34(29,30)26-16(20)2)12-17-8-10-18(31-3)11-9-17/h4-11,13H,12,14H2,1-3H3. The van der Waals surface area contributed by atoms with Crippen molar-refractivity contribution in [3.63, 3.8) is 0 Å². The van der Waals surface area contributed by atoms with Crippen molar-refractivity contribution in [3.05, 3.63) is 77.3 Å². The minimum Gasteiger partial charge on any atom is -0.497 e. The predicted molar refractivity (Wildman–Crippen MR) is 123 cm³/mol. The van der Waals surface area contributed by atoms with Crippen LogP contribution in [0.3, 0.4) is 0 Å². The van der Waals surface area contributed by atoms with Crippen LogP contribution in [0.5, 0.6) is 5.75 Å². The van der Waals surface area contributed by atoms with Crippen LogP contribution in [0.1, 0.15) is 23.9 Å². The molecule has 176 valence electrons. The highest BCUT2D eigenvalue weighted by Gasteiger charge is 2.29. The molecule has 2 aromatic carbocycles. The molecule has 0 N–H and O–H groups in total. The van der Waals surface area contributed by atoms with E-state index in [0.717, 1.165) is 15.4 Å². The molecule has 0 spiro atoms. The zero-order chi connectivity index (χ0) is 24.3. The Bertz CT molecular complexity index is 1380. The molecule has 1 aromatic heterocycles. The van der Waals surface area contributed by atoms with Crippen LogP contribution in [0.25, 0.3) is 11.5 Å². The average Bonchev–Trinajstić information content (AvgIpc) is 3.28. The lowest BCUT2D eigenvalue weighted by Crippen LogP contribution is -2.31. The predicted octanol–water partition coefficient (Wildman–Crippen LogP) is 3.20. The van der Waals surface area contributed by atoms with Gasteiger partial charge >= 0.3 is 16.2 Å². The van der Waals surface area contributed by atoms with Gasteiger partial charge in [0.25, 0.3) is 5.89 Å². The van der Waals surface area contributed by atoms with Gasteiger partial charge in [0.15, 0.2) is 6.61 Å². The molecule has 4 rings (SSSR count). The fourth-order valence-corrected chi connectivity index (χ4v) is 4.36. The number of carbonyl (C=O) groups is 1. The van der Waals surface area contributed by atoms with Crippen molar-refractivity contribution < 1.29 is 27.2 Å². The van der Waals surface area contributed by atoms with Gasteiger partial charge in [0.1, 0.15) is 5.75 Å². The van der Waals surface area contributed by atoms with E-state index >= 15 is 0 Å². The molecular formula is C23H22N4O6S. The first-order valence-electron chi connectivity index (χ1n) is 10.3. The molecule has 0 amide bonds. The number of aromatic nitrogens is 2. The molecule has 2 heterocycles. The molecule has 0 aliphatic carbocycles. The maximum atomic E-state index is 12.7. The van der Waals surface area contributed by atoms with Gasteiger partial charge < -0.3 is 14.0 Å². The number of aryl methyl sites for hydroxylation is 1. The summed E-state index contributed by atoms with van der Waals surface area (Å²) in [7, 11) is -2.44. The topological polar surface area (TPSA) is 124 Å². The second-order valence-electron chi connectivity index (χ2n) is 7.50. The van der Waals surface area contributed by atoms with Crippen LogP contribution < -0.4 is 4.74 Å². The van der Waals surface area contributed by atoms with Gasteiger partial charge in [0.05, 0.1) is 24.9 Å². The van der Waals surface area contributed by atoms with E-state index in [-0.39, 0.29) is 30.3 Å². The highest BCUT2D eigenvalue weighted by Crippen LogP contribution is 2.23. The fourth-order valence-electron chi connectivity index (χ4n) is 3.26. The molecule has 10 nitrogen and oxygen atoms in total. The molecule has 3 aromatic rings. The van der Waals surface area contributed by atoms with Crippen molar-refractivity contribution >= 4 is 21.9 Å². The second kappa shape index (κ2) is 9.48. The molecule has 1 aliphatic heterocycles. The smallest absolute Gasteiger partial charge is 0.344 e. The molecule has 0 saturated heterocycles. The maximum absolute atomic E-state index is 12.7. The van der Waals surface area contributed by atoms with Crippen molar-refractivity contribution in [2.45, 2.75) is 27.0 Å². The SMILES string of the molecule is COc1ccc(CN2C=C(C(=O)OCc3noc(-c4ccccc4C)n3)C(C)=NS2(=O)=O)cc1. The molecular weight excluding hydrogens is 460 g/mol. The number of esters is 1. The molecule has 0 unspecified atom stereocenters. The normalized spacial score (nSPS) is 14.9. The van der Waals surface area contributed by atoms with Gasteiger partial charge in [-0.15, -0.1) is 4.40 Å². The third-order valence-corrected chi connectivity index (χ3v) is 6.44. The van der Waals surface area contributed by atoms with E-state index in [1.165, 1.54) is 13.1 Å². The largest absolute Gasteiger partial charge is 0.497 e. The van der Waals surface area contributed by atoms with Gasteiger partial charge in [-0.05, 0) is 43.2 Å². The van der Waals surface area contributed by atoms with Crippen molar-refractivity contribution in [3.8, 4) is 17.2 Å².